The second-order valence-electron chi connectivity index (χ2n) is 5.93. The maximum absolute atomic E-state index is 12.6. The zero-order chi connectivity index (χ0) is 15.5. The fourth-order valence-electron chi connectivity index (χ4n) is 2.94. The van der Waals surface area contributed by atoms with Crippen LogP contribution in [0.3, 0.4) is 0 Å². The molecule has 0 radical (unpaired) electrons. The van der Waals surface area contributed by atoms with Gasteiger partial charge in [-0.2, -0.15) is 0 Å². The number of sulfonamides is 1. The summed E-state index contributed by atoms with van der Waals surface area (Å²) in [5.74, 6) is 0. The van der Waals surface area contributed by atoms with E-state index < -0.39 is 10.0 Å². The Balaban J connectivity index is 2.28. The fraction of sp³-hybridized carbons (Fsp3) is 0.625. The van der Waals surface area contributed by atoms with Gasteiger partial charge in [0, 0.05) is 12.6 Å². The molecule has 118 valence electrons. The van der Waals surface area contributed by atoms with Crippen LogP contribution in [-0.2, 0) is 16.6 Å². The Labute approximate surface area is 128 Å². The molecule has 0 aliphatic heterocycles. The van der Waals surface area contributed by atoms with Crippen molar-refractivity contribution in [3.05, 3.63) is 28.8 Å². The summed E-state index contributed by atoms with van der Waals surface area (Å²) in [7, 11) is -3.42. The molecule has 0 spiro atoms. The molecule has 5 heteroatoms. The van der Waals surface area contributed by atoms with Crippen molar-refractivity contribution in [1.82, 2.24) is 10.0 Å². The maximum Gasteiger partial charge on any atom is 0.241 e. The highest BCUT2D eigenvalue weighted by Gasteiger charge is 2.24. The number of nitrogens with one attached hydrogen (secondary N) is 2. The largest absolute Gasteiger partial charge is 0.313 e. The van der Waals surface area contributed by atoms with Crippen molar-refractivity contribution in [2.75, 3.05) is 6.54 Å². The van der Waals surface area contributed by atoms with Gasteiger partial charge in [-0.05, 0) is 56.0 Å². The van der Waals surface area contributed by atoms with Crippen LogP contribution in [0, 0.1) is 13.8 Å². The molecule has 0 saturated heterocycles. The molecular formula is C16H26N2O2S. The van der Waals surface area contributed by atoms with Gasteiger partial charge in [0.25, 0.3) is 0 Å². The van der Waals surface area contributed by atoms with E-state index in [4.69, 9.17) is 0 Å². The average Bonchev–Trinajstić information content (AvgIpc) is 2.89. The fourth-order valence-corrected chi connectivity index (χ4v) is 4.52. The summed E-state index contributed by atoms with van der Waals surface area (Å²) >= 11 is 0. The van der Waals surface area contributed by atoms with Crippen molar-refractivity contribution in [1.29, 1.82) is 0 Å². The molecule has 1 aliphatic carbocycles. The number of benzene rings is 1. The molecule has 0 amide bonds. The predicted molar refractivity (Wildman–Crippen MR) is 85.9 cm³/mol. The van der Waals surface area contributed by atoms with Gasteiger partial charge >= 0.3 is 0 Å². The van der Waals surface area contributed by atoms with E-state index in [-0.39, 0.29) is 6.04 Å². The molecule has 0 unspecified atom stereocenters. The Hall–Kier alpha value is -0.910. The third-order valence-corrected chi connectivity index (χ3v) is 5.83. The lowest BCUT2D eigenvalue weighted by Gasteiger charge is -2.16. The third kappa shape index (κ3) is 4.05. The molecular weight excluding hydrogens is 284 g/mol. The zero-order valence-corrected chi connectivity index (χ0v) is 14.0. The van der Waals surface area contributed by atoms with E-state index in [1.54, 1.807) is 0 Å². The summed E-state index contributed by atoms with van der Waals surface area (Å²) in [5.41, 5.74) is 3.00. The second-order valence-corrected chi connectivity index (χ2v) is 7.61. The van der Waals surface area contributed by atoms with E-state index >= 15 is 0 Å². The summed E-state index contributed by atoms with van der Waals surface area (Å²) in [5, 5.41) is 3.26. The summed E-state index contributed by atoms with van der Waals surface area (Å²) in [6, 6.07) is 3.90. The molecule has 4 nitrogen and oxygen atoms in total. The van der Waals surface area contributed by atoms with E-state index in [1.807, 2.05) is 32.9 Å². The maximum atomic E-state index is 12.6. The first-order valence-corrected chi connectivity index (χ1v) is 9.25. The first-order chi connectivity index (χ1) is 9.94. The molecule has 0 aromatic heterocycles. The van der Waals surface area contributed by atoms with Crippen LogP contribution in [0.15, 0.2) is 17.0 Å². The molecule has 0 bridgehead atoms. The summed E-state index contributed by atoms with van der Waals surface area (Å²) in [6.45, 7) is 7.51. The summed E-state index contributed by atoms with van der Waals surface area (Å²) in [4.78, 5) is 0.424. The monoisotopic (exact) mass is 310 g/mol. The molecule has 0 heterocycles. The molecule has 0 atom stereocenters. The van der Waals surface area contributed by atoms with Crippen molar-refractivity contribution < 1.29 is 8.42 Å². The van der Waals surface area contributed by atoms with Crippen LogP contribution in [-0.4, -0.2) is 21.0 Å². The lowest BCUT2D eigenvalue weighted by atomic mass is 10.1. The lowest BCUT2D eigenvalue weighted by Crippen LogP contribution is -2.33. The van der Waals surface area contributed by atoms with E-state index in [1.165, 1.54) is 0 Å². The molecule has 1 aliphatic rings. The van der Waals surface area contributed by atoms with Gasteiger partial charge in [-0.1, -0.05) is 25.8 Å². The van der Waals surface area contributed by atoms with Crippen LogP contribution in [0.5, 0.6) is 0 Å². The van der Waals surface area contributed by atoms with Crippen molar-refractivity contribution >= 4 is 10.0 Å². The predicted octanol–water partition coefficient (Wildman–Crippen LogP) is 2.63. The number of aryl methyl sites for hydroxylation is 2. The first-order valence-electron chi connectivity index (χ1n) is 7.77. The highest BCUT2D eigenvalue weighted by Crippen LogP contribution is 2.24. The second kappa shape index (κ2) is 6.90. The van der Waals surface area contributed by atoms with Gasteiger partial charge in [0.2, 0.25) is 10.0 Å². The highest BCUT2D eigenvalue weighted by atomic mass is 32.2. The molecule has 2 N–H and O–H groups in total. The van der Waals surface area contributed by atoms with E-state index in [2.05, 4.69) is 10.0 Å². The molecule has 1 fully saturated rings. The number of hydrogen-bond donors (Lipinski definition) is 2. The summed E-state index contributed by atoms with van der Waals surface area (Å²) < 4.78 is 28.1. The highest BCUT2D eigenvalue weighted by molar-refractivity contribution is 7.89. The first kappa shape index (κ1) is 16.5. The van der Waals surface area contributed by atoms with Crippen LogP contribution in [0.25, 0.3) is 0 Å². The number of hydrogen-bond acceptors (Lipinski definition) is 3. The van der Waals surface area contributed by atoms with Gasteiger partial charge in [-0.3, -0.25) is 0 Å². The van der Waals surface area contributed by atoms with Gasteiger partial charge in [-0.25, -0.2) is 13.1 Å². The quantitative estimate of drug-likeness (QED) is 0.849. The van der Waals surface area contributed by atoms with E-state index in [0.29, 0.717) is 11.4 Å². The van der Waals surface area contributed by atoms with E-state index in [0.717, 1.165) is 48.9 Å². The Morgan fingerprint density at radius 3 is 2.43 bits per heavy atom. The Morgan fingerprint density at radius 2 is 1.81 bits per heavy atom. The van der Waals surface area contributed by atoms with Crippen LogP contribution in [0.1, 0.15) is 49.3 Å². The Bertz CT molecular complexity index is 591. The smallest absolute Gasteiger partial charge is 0.241 e. The minimum Gasteiger partial charge on any atom is -0.313 e. The lowest BCUT2D eigenvalue weighted by molar-refractivity contribution is 0.551. The topological polar surface area (TPSA) is 58.2 Å². The summed E-state index contributed by atoms with van der Waals surface area (Å²) in [6.07, 6.45) is 4.14. The zero-order valence-electron chi connectivity index (χ0n) is 13.2. The minimum atomic E-state index is -3.42. The van der Waals surface area contributed by atoms with Gasteiger partial charge in [0.05, 0.1) is 4.90 Å². The van der Waals surface area contributed by atoms with Gasteiger partial charge in [0.1, 0.15) is 0 Å². The van der Waals surface area contributed by atoms with Gasteiger partial charge in [0.15, 0.2) is 0 Å². The average molecular weight is 310 g/mol. The molecule has 2 rings (SSSR count). The number of rotatable bonds is 6. The Morgan fingerprint density at radius 1 is 1.14 bits per heavy atom. The van der Waals surface area contributed by atoms with Crippen LogP contribution in [0.4, 0.5) is 0 Å². The molecule has 21 heavy (non-hydrogen) atoms. The van der Waals surface area contributed by atoms with Crippen molar-refractivity contribution in [3.63, 3.8) is 0 Å². The van der Waals surface area contributed by atoms with Crippen molar-refractivity contribution in [2.24, 2.45) is 0 Å². The van der Waals surface area contributed by atoms with Crippen molar-refractivity contribution in [3.8, 4) is 0 Å². The molecule has 1 aromatic carbocycles. The normalized spacial score (nSPS) is 16.5. The SMILES string of the molecule is CCNCc1cc(S(=O)(=O)NC2CCCC2)c(C)cc1C. The standard InChI is InChI=1S/C16H26N2O2S/c1-4-17-11-14-10-16(13(3)9-12(14)2)21(19,20)18-15-7-5-6-8-15/h9-10,15,17-18H,4-8,11H2,1-3H3. The van der Waals surface area contributed by atoms with Crippen molar-refractivity contribution in [2.45, 2.75) is 63.9 Å². The van der Waals surface area contributed by atoms with Crippen LogP contribution < -0.4 is 10.0 Å². The van der Waals surface area contributed by atoms with Gasteiger partial charge < -0.3 is 5.32 Å². The third-order valence-electron chi connectivity index (χ3n) is 4.17. The van der Waals surface area contributed by atoms with Gasteiger partial charge in [-0.15, -0.1) is 0 Å². The van der Waals surface area contributed by atoms with E-state index in [9.17, 15) is 8.42 Å². The van der Waals surface area contributed by atoms with Crippen LogP contribution in [0.2, 0.25) is 0 Å². The Kier molecular flexibility index (Phi) is 5.41. The van der Waals surface area contributed by atoms with Crippen LogP contribution >= 0.6 is 0 Å². The minimum absolute atomic E-state index is 0.105. The molecule has 1 saturated carbocycles. The molecule has 1 aromatic rings.